The second-order valence-corrected chi connectivity index (χ2v) is 33.2. The summed E-state index contributed by atoms with van der Waals surface area (Å²) in [5.74, 6) is -0.502. The van der Waals surface area contributed by atoms with Crippen LogP contribution in [0, 0.1) is 75.7 Å². The zero-order valence-electron chi connectivity index (χ0n) is 61.0. The van der Waals surface area contributed by atoms with Crippen LogP contribution in [-0.2, 0) is 14.2 Å². The summed E-state index contributed by atoms with van der Waals surface area (Å²) in [6, 6.07) is 0.967. The number of hydrogen-bond donors (Lipinski definition) is 4. The second-order valence-electron chi connectivity index (χ2n) is 25.5. The fourth-order valence-corrected chi connectivity index (χ4v) is 18.8. The third kappa shape index (κ3) is 22.2. The van der Waals surface area contributed by atoms with E-state index in [9.17, 15) is 42.0 Å². The molecule has 0 saturated heterocycles. The van der Waals surface area contributed by atoms with Gasteiger partial charge < -0.3 is 48.0 Å². The Balaban J connectivity index is 0.000000199. The number of pyridine rings is 5. The zero-order valence-corrected chi connectivity index (χ0v) is 76.7. The number of nitrogens with two attached hydrogens (primary N) is 2. The summed E-state index contributed by atoms with van der Waals surface area (Å²) in [6.45, 7) is 19.1. The van der Waals surface area contributed by atoms with Crippen molar-refractivity contribution in [3.63, 3.8) is 0 Å². The maximum Gasteiger partial charge on any atom is 1.00 e. The summed E-state index contributed by atoms with van der Waals surface area (Å²) in [7, 11) is 0.435. The van der Waals surface area contributed by atoms with Crippen molar-refractivity contribution < 1.29 is 164 Å². The van der Waals surface area contributed by atoms with Crippen molar-refractivity contribution in [2.75, 3.05) is 27.1 Å². The molecule has 0 spiro atoms. The monoisotopic (exact) mass is 1760 g/mol. The Kier molecular flexibility index (Phi) is 35.0. The van der Waals surface area contributed by atoms with Gasteiger partial charge in [-0.3, -0.25) is 17.7 Å². The predicted octanol–water partition coefficient (Wildman–Crippen LogP) is 15.6. The first-order chi connectivity index (χ1) is 48.7. The number of nitrogens with one attached hydrogen (secondary N) is 1. The molecular weight excluding hydrogens is 1690 g/mol. The van der Waals surface area contributed by atoms with Crippen molar-refractivity contribution >= 4 is 225 Å². The number of esters is 3. The first-order valence-electron chi connectivity index (χ1n) is 32.8. The third-order valence-electron chi connectivity index (χ3n) is 17.3. The molecule has 1 amide bonds. The molecule has 0 aromatic carbocycles. The first-order valence-corrected chi connectivity index (χ1v) is 39.6. The van der Waals surface area contributed by atoms with E-state index in [1.807, 2.05) is 69.2 Å². The maximum atomic E-state index is 12.5. The number of carboxylic acid groups (broad SMARTS) is 1. The van der Waals surface area contributed by atoms with Crippen molar-refractivity contribution in [1.29, 1.82) is 0 Å². The number of ether oxygens (including phenoxy) is 3. The quantitative estimate of drug-likeness (QED) is 0.0452. The van der Waals surface area contributed by atoms with Crippen molar-refractivity contribution in [1.82, 2.24) is 30.2 Å². The van der Waals surface area contributed by atoms with Gasteiger partial charge >= 0.3 is 134 Å². The van der Waals surface area contributed by atoms with E-state index >= 15 is 0 Å². The zero-order chi connectivity index (χ0) is 75.6. The topological polar surface area (TPSA) is 292 Å². The standard InChI is InChI=1S/C16H17ClN2OS.C14H14ClNO2S.C13H12ClNO2S.C11H9BrClNO2S.C11H11ClN2O2S.C3H7N.C3H5.BF3.2K.H2O/c1-7-11-12(9-3-4-9)14(15(20)19-10-5-6-10)21-16(11)18-8(2)13(7)17;1-6-9-10(8-4-5-8)12(14(17)18-3)19-13(9)16-7(2)11(6)15;1-5-8-9(7-3-4-7)11(13(16)17)18-12(8)15-6(2)10(5)14;1-4-6-7(12)9(11(15)16-3)17-10(6)14-5(2)8(4)13;1-4-6-8(13)9(11(15)16-3)17-10(6)14-5(2)7(4)12;4-3-1-2-3;1-2-3-1;2-1(3)4;;;/h9-10H,3-6H2,1-2H3,(H,19,20);8H,4-5H2,1-3H3;7H,3-4H2,1-2H3,(H,16,17);1-3H3;13H2,1-3H3;3H,1-2,4H2;1H,2-3H2;;;;1H2/q;;;;;;-1;;2*+1;/p-1. The molecule has 18 nitrogen and oxygen atoms in total. The third-order valence-corrected chi connectivity index (χ3v) is 26.5. The van der Waals surface area contributed by atoms with Crippen molar-refractivity contribution in [3.05, 3.63) is 133 Å². The van der Waals surface area contributed by atoms with E-state index in [4.69, 9.17) is 78.9 Å². The maximum absolute atomic E-state index is 12.5. The van der Waals surface area contributed by atoms with Crippen LogP contribution < -0.4 is 120 Å². The molecule has 6 saturated carbocycles. The number of rotatable bonds is 9. The molecule has 6 fully saturated rings. The Labute approximate surface area is 751 Å². The normalized spacial score (nSPS) is 14.3. The molecule has 6 aliphatic rings. The molecule has 10 aromatic rings. The van der Waals surface area contributed by atoms with E-state index in [0.717, 1.165) is 162 Å². The summed E-state index contributed by atoms with van der Waals surface area (Å²) >= 11 is 41.3. The van der Waals surface area contributed by atoms with Gasteiger partial charge in [0.05, 0.1) is 89.9 Å². The number of nitrogens with zero attached hydrogens (tertiary/aromatic N) is 5. The molecule has 0 atom stereocenters. The number of aromatic nitrogens is 5. The molecule has 7 N–H and O–H groups in total. The number of aryl methyl sites for hydroxylation is 10. The molecule has 0 unspecified atom stereocenters. The number of halogens is 9. The van der Waals surface area contributed by atoms with Gasteiger partial charge in [-0.05, 0) is 212 Å². The van der Waals surface area contributed by atoms with Crippen LogP contribution in [0.4, 0.5) is 18.6 Å². The molecule has 558 valence electrons. The minimum absolute atomic E-state index is 0. The molecule has 0 bridgehead atoms. The van der Waals surface area contributed by atoms with Gasteiger partial charge in [-0.25, -0.2) is 56.9 Å². The average Bonchev–Trinajstić information content (AvgIpc) is 1.61. The van der Waals surface area contributed by atoms with Gasteiger partial charge in [0.1, 0.15) is 43.7 Å². The van der Waals surface area contributed by atoms with Gasteiger partial charge in [0.15, 0.2) is 0 Å². The Morgan fingerprint density at radius 3 is 1.07 bits per heavy atom. The SMILES string of the molecule is COC(=O)c1sc2nc(C)c(Cl)c(C)c2c1Br.COC(=O)c1sc2nc(C)c(Cl)c(C)c2c1C1CC1.COC(=O)c1sc2nc(C)c(Cl)c(C)c2c1N.Cc1nc2sc(C(=O)NC3CC3)c(C3CC3)c2c(C)c1Cl.Cc1nc2sc(C(=O)O)c(C3CC3)c2c(C)c1Cl.FB(F)F.NC1CC1.[CH-]1CC1.[K+].[K+].[OH-]. The largest absolute Gasteiger partial charge is 1.00 e. The van der Waals surface area contributed by atoms with Crippen molar-refractivity contribution in [2.24, 2.45) is 5.73 Å². The minimum Gasteiger partial charge on any atom is -0.870 e. The summed E-state index contributed by atoms with van der Waals surface area (Å²) in [4.78, 5) is 88.3. The molecule has 10 aromatic heterocycles. The number of fused-ring (bicyclic) bond motifs is 5. The average molecular weight is 1760 g/mol. The van der Waals surface area contributed by atoms with Crippen LogP contribution in [0.3, 0.4) is 0 Å². The van der Waals surface area contributed by atoms with Gasteiger partial charge in [0.25, 0.3) is 5.91 Å². The summed E-state index contributed by atoms with van der Waals surface area (Å²) in [5, 5.41) is 20.5. The number of aromatic carboxylic acids is 1. The van der Waals surface area contributed by atoms with Gasteiger partial charge in [-0.2, -0.15) is 0 Å². The number of nitrogen functional groups attached to an aromatic ring is 1. The Morgan fingerprint density at radius 2 is 0.745 bits per heavy atom. The Hall–Kier alpha value is -2.32. The van der Waals surface area contributed by atoms with Crippen LogP contribution in [0.2, 0.25) is 25.1 Å². The second kappa shape index (κ2) is 40.1. The molecular formula is C71H76BBrCl5F3K2N8O10S5. The fraction of sp³-hybridized carbons (Fsp3) is 0.423. The van der Waals surface area contributed by atoms with E-state index in [0.29, 0.717) is 84.4 Å². The van der Waals surface area contributed by atoms with Gasteiger partial charge in [-0.1, -0.05) is 58.0 Å². The number of anilines is 1. The smallest absolute Gasteiger partial charge is 0.870 e. The number of thiophene rings is 5. The molecule has 0 aliphatic heterocycles. The van der Waals surface area contributed by atoms with Crippen LogP contribution in [0.25, 0.3) is 51.1 Å². The molecule has 0 radical (unpaired) electrons. The van der Waals surface area contributed by atoms with E-state index in [1.165, 1.54) is 122 Å². The molecule has 106 heavy (non-hydrogen) atoms. The van der Waals surface area contributed by atoms with Gasteiger partial charge in [0.2, 0.25) is 0 Å². The van der Waals surface area contributed by atoms with Crippen LogP contribution in [0.1, 0.15) is 216 Å². The number of amides is 1. The minimum atomic E-state index is -3.67. The van der Waals surface area contributed by atoms with Crippen molar-refractivity contribution in [2.45, 2.75) is 176 Å². The van der Waals surface area contributed by atoms with Crippen LogP contribution in [0.15, 0.2) is 4.47 Å². The number of methoxy groups -OCH3 is 3. The number of carboxylic acids is 1. The van der Waals surface area contributed by atoms with E-state index in [2.05, 4.69) is 57.3 Å². The van der Waals surface area contributed by atoms with E-state index in [-0.39, 0.29) is 126 Å². The fourth-order valence-electron chi connectivity index (χ4n) is 11.1. The first kappa shape index (κ1) is 92.5. The molecule has 35 heteroatoms. The Morgan fingerprint density at radius 1 is 0.481 bits per heavy atom. The Bertz CT molecular complexity index is 4880. The predicted molar refractivity (Wildman–Crippen MR) is 422 cm³/mol. The van der Waals surface area contributed by atoms with Crippen LogP contribution >= 0.6 is 131 Å². The number of carbonyl (C=O) groups is 5. The van der Waals surface area contributed by atoms with Crippen molar-refractivity contribution in [3.8, 4) is 0 Å². The van der Waals surface area contributed by atoms with E-state index < -0.39 is 19.5 Å². The number of carbonyl (C=O) groups excluding carboxylic acids is 4. The van der Waals surface area contributed by atoms with E-state index in [1.54, 1.807) is 0 Å². The number of hydrogen-bond acceptors (Lipinski definition) is 21. The molecule has 6 aliphatic carbocycles. The van der Waals surface area contributed by atoms with Crippen LogP contribution in [-0.4, -0.2) is 106 Å². The summed E-state index contributed by atoms with van der Waals surface area (Å²) in [6.07, 6.45) is 16.5. The molecule has 10 heterocycles. The summed E-state index contributed by atoms with van der Waals surface area (Å²) < 4.78 is 44.0. The van der Waals surface area contributed by atoms with Gasteiger partial charge in [-0.15, -0.1) is 56.7 Å². The van der Waals surface area contributed by atoms with Crippen LogP contribution in [0.5, 0.6) is 0 Å². The van der Waals surface area contributed by atoms with Gasteiger partial charge in [0, 0.05) is 39.0 Å². The summed E-state index contributed by atoms with van der Waals surface area (Å²) in [5.41, 5.74) is 23.6. The molecule has 16 rings (SSSR count).